The molecule has 0 aliphatic carbocycles. The van der Waals surface area contributed by atoms with E-state index >= 15 is 0 Å². The zero-order valence-electron chi connectivity index (χ0n) is 12.6. The number of aliphatic hydroxyl groups excluding tert-OH is 1. The van der Waals surface area contributed by atoms with E-state index in [1.165, 1.54) is 0 Å². The van der Waals surface area contributed by atoms with Crippen LogP contribution in [0.15, 0.2) is 18.2 Å². The minimum absolute atomic E-state index is 0.184. The number of carbonyl (C=O) groups is 1. The van der Waals surface area contributed by atoms with Crippen LogP contribution in [0, 0.1) is 24.2 Å². The van der Waals surface area contributed by atoms with Gasteiger partial charge in [0.25, 0.3) is 0 Å². The van der Waals surface area contributed by atoms with Crippen LogP contribution in [-0.4, -0.2) is 17.7 Å². The molecule has 20 heavy (non-hydrogen) atoms. The molecule has 0 unspecified atom stereocenters. The summed E-state index contributed by atoms with van der Waals surface area (Å²) in [6.07, 6.45) is 0.733. The topological polar surface area (TPSA) is 46.5 Å². The Balaban J connectivity index is 2.89. The molecular weight excluding hydrogens is 252 g/mol. The first-order valence-electron chi connectivity index (χ1n) is 6.77. The van der Waals surface area contributed by atoms with Gasteiger partial charge in [-0.15, -0.1) is 0 Å². The summed E-state index contributed by atoms with van der Waals surface area (Å²) in [5.41, 5.74) is 2.23. The normalized spacial score (nSPS) is 10.7. The molecule has 108 valence electrons. The fourth-order valence-electron chi connectivity index (χ4n) is 1.64. The van der Waals surface area contributed by atoms with Gasteiger partial charge in [0, 0.05) is 11.1 Å². The predicted octanol–water partition coefficient (Wildman–Crippen LogP) is 2.82. The highest BCUT2D eigenvalue weighted by atomic mass is 16.5. The summed E-state index contributed by atoms with van der Waals surface area (Å²) in [5, 5.41) is 8.81. The van der Waals surface area contributed by atoms with Crippen molar-refractivity contribution >= 4 is 5.97 Å². The number of hydrogen-bond acceptors (Lipinski definition) is 3. The molecule has 3 nitrogen and oxygen atoms in total. The quantitative estimate of drug-likeness (QED) is 0.678. The number of aliphatic hydroxyl groups is 1. The Morgan fingerprint density at radius 1 is 1.40 bits per heavy atom. The number of ether oxygens (including phenoxy) is 1. The third-order valence-corrected chi connectivity index (χ3v) is 3.45. The molecule has 0 aliphatic heterocycles. The lowest BCUT2D eigenvalue weighted by atomic mass is 9.91. The van der Waals surface area contributed by atoms with Gasteiger partial charge >= 0.3 is 5.97 Å². The Labute approximate surface area is 121 Å². The van der Waals surface area contributed by atoms with Gasteiger partial charge in [0.05, 0.1) is 5.41 Å². The highest BCUT2D eigenvalue weighted by Gasteiger charge is 2.27. The summed E-state index contributed by atoms with van der Waals surface area (Å²) in [4.78, 5) is 12.0. The van der Waals surface area contributed by atoms with E-state index in [9.17, 15) is 4.79 Å². The number of benzene rings is 1. The third kappa shape index (κ3) is 4.11. The molecule has 1 N–H and O–H groups in total. The molecule has 1 rings (SSSR count). The average molecular weight is 274 g/mol. The van der Waals surface area contributed by atoms with Gasteiger partial charge in [-0.2, -0.15) is 0 Å². The summed E-state index contributed by atoms with van der Waals surface area (Å²) in [6, 6.07) is 5.75. The number of rotatable bonds is 4. The van der Waals surface area contributed by atoms with Gasteiger partial charge in [-0.3, -0.25) is 4.79 Å². The molecule has 3 heteroatoms. The van der Waals surface area contributed by atoms with Gasteiger partial charge in [0.1, 0.15) is 13.2 Å². The van der Waals surface area contributed by atoms with Crippen LogP contribution in [0.2, 0.25) is 0 Å². The molecule has 0 amide bonds. The van der Waals surface area contributed by atoms with Gasteiger partial charge in [-0.25, -0.2) is 0 Å². The van der Waals surface area contributed by atoms with Crippen LogP contribution >= 0.6 is 0 Å². The average Bonchev–Trinajstić information content (AvgIpc) is 2.43. The van der Waals surface area contributed by atoms with E-state index in [2.05, 4.69) is 11.8 Å². The van der Waals surface area contributed by atoms with Crippen molar-refractivity contribution in [3.63, 3.8) is 0 Å². The largest absolute Gasteiger partial charge is 0.460 e. The van der Waals surface area contributed by atoms with Crippen molar-refractivity contribution < 1.29 is 14.6 Å². The van der Waals surface area contributed by atoms with Crippen molar-refractivity contribution in [2.24, 2.45) is 5.41 Å². The van der Waals surface area contributed by atoms with Gasteiger partial charge in [0.2, 0.25) is 0 Å². The van der Waals surface area contributed by atoms with Crippen molar-refractivity contribution in [3.8, 4) is 11.8 Å². The molecular formula is C17H22O3. The summed E-state index contributed by atoms with van der Waals surface area (Å²) >= 11 is 0. The highest BCUT2D eigenvalue weighted by Crippen LogP contribution is 2.23. The molecule has 0 atom stereocenters. The molecule has 0 saturated carbocycles. The first kappa shape index (κ1) is 16.3. The van der Waals surface area contributed by atoms with Crippen molar-refractivity contribution in [1.82, 2.24) is 0 Å². The van der Waals surface area contributed by atoms with Crippen molar-refractivity contribution in [3.05, 3.63) is 34.9 Å². The second-order valence-corrected chi connectivity index (χ2v) is 5.38. The van der Waals surface area contributed by atoms with Crippen LogP contribution in [0.4, 0.5) is 0 Å². The van der Waals surface area contributed by atoms with Gasteiger partial charge in [-0.05, 0) is 32.8 Å². The molecule has 0 aliphatic rings. The van der Waals surface area contributed by atoms with Crippen molar-refractivity contribution in [2.45, 2.75) is 40.7 Å². The summed E-state index contributed by atoms with van der Waals surface area (Å²) < 4.78 is 5.39. The fraction of sp³-hybridized carbons (Fsp3) is 0.471. The Kier molecular flexibility index (Phi) is 5.79. The van der Waals surface area contributed by atoms with Crippen LogP contribution in [0.1, 0.15) is 43.9 Å². The van der Waals surface area contributed by atoms with Crippen molar-refractivity contribution in [2.75, 3.05) is 6.61 Å². The molecule has 1 aromatic carbocycles. The SMILES string of the molecule is CCC(C)(C)C(=O)OCc1cccc(C)c1C#CCO. The van der Waals surface area contributed by atoms with E-state index in [1.54, 1.807) is 0 Å². The number of aryl methyl sites for hydroxylation is 1. The summed E-state index contributed by atoms with van der Waals surface area (Å²) in [5.74, 6) is 5.35. The molecule has 1 aromatic rings. The van der Waals surface area contributed by atoms with Gasteiger partial charge < -0.3 is 9.84 Å². The maximum absolute atomic E-state index is 12.0. The van der Waals surface area contributed by atoms with Gasteiger partial charge in [0.15, 0.2) is 0 Å². The second kappa shape index (κ2) is 7.12. The minimum atomic E-state index is -0.471. The fourth-order valence-corrected chi connectivity index (χ4v) is 1.64. The Bertz CT molecular complexity index is 533. The van der Waals surface area contributed by atoms with E-state index < -0.39 is 5.41 Å². The molecule has 0 bridgehead atoms. The van der Waals surface area contributed by atoms with E-state index in [4.69, 9.17) is 9.84 Å². The standard InChI is InChI=1S/C17H22O3/c1-5-17(3,4)16(19)20-12-14-9-6-8-13(2)15(14)10-7-11-18/h6,8-9,18H,5,11-12H2,1-4H3. The lowest BCUT2D eigenvalue weighted by Crippen LogP contribution is -2.25. The van der Waals surface area contributed by atoms with E-state index in [1.807, 2.05) is 45.9 Å². The maximum atomic E-state index is 12.0. The number of esters is 1. The third-order valence-electron chi connectivity index (χ3n) is 3.45. The molecule has 0 saturated heterocycles. The smallest absolute Gasteiger partial charge is 0.311 e. The van der Waals surface area contributed by atoms with Crippen molar-refractivity contribution in [1.29, 1.82) is 0 Å². The zero-order chi connectivity index (χ0) is 15.2. The second-order valence-electron chi connectivity index (χ2n) is 5.38. The van der Waals surface area contributed by atoms with Crippen LogP contribution in [0.3, 0.4) is 0 Å². The predicted molar refractivity (Wildman–Crippen MR) is 79.0 cm³/mol. The molecule has 0 radical (unpaired) electrons. The van der Waals surface area contributed by atoms with Crippen LogP contribution in [0.5, 0.6) is 0 Å². The first-order valence-corrected chi connectivity index (χ1v) is 6.77. The van der Waals surface area contributed by atoms with E-state index in [-0.39, 0.29) is 19.2 Å². The summed E-state index contributed by atoms with van der Waals surface area (Å²) in [6.45, 7) is 7.68. The lowest BCUT2D eigenvalue weighted by molar-refractivity contribution is -0.155. The monoisotopic (exact) mass is 274 g/mol. The number of hydrogen-bond donors (Lipinski definition) is 1. The van der Waals surface area contributed by atoms with E-state index in [0.717, 1.165) is 23.1 Å². The van der Waals surface area contributed by atoms with E-state index in [0.29, 0.717) is 0 Å². The molecule has 0 aromatic heterocycles. The summed E-state index contributed by atoms with van der Waals surface area (Å²) in [7, 11) is 0. The Morgan fingerprint density at radius 3 is 2.70 bits per heavy atom. The molecule has 0 spiro atoms. The number of carbonyl (C=O) groups excluding carboxylic acids is 1. The van der Waals surface area contributed by atoms with Crippen LogP contribution in [0.25, 0.3) is 0 Å². The maximum Gasteiger partial charge on any atom is 0.311 e. The van der Waals surface area contributed by atoms with Crippen LogP contribution in [-0.2, 0) is 16.1 Å². The first-order chi connectivity index (χ1) is 9.42. The van der Waals surface area contributed by atoms with Gasteiger partial charge in [-0.1, -0.05) is 37.0 Å². The lowest BCUT2D eigenvalue weighted by Gasteiger charge is -2.20. The zero-order valence-corrected chi connectivity index (χ0v) is 12.6. The molecule has 0 fully saturated rings. The van der Waals surface area contributed by atoms with Crippen LogP contribution < -0.4 is 0 Å². The highest BCUT2D eigenvalue weighted by molar-refractivity contribution is 5.75. The Morgan fingerprint density at radius 2 is 2.10 bits per heavy atom. The minimum Gasteiger partial charge on any atom is -0.460 e. The molecule has 0 heterocycles. The Hall–Kier alpha value is -1.79.